The van der Waals surface area contributed by atoms with Crippen molar-refractivity contribution in [1.29, 1.82) is 0 Å². The summed E-state index contributed by atoms with van der Waals surface area (Å²) >= 11 is 1.23. The van der Waals surface area contributed by atoms with Crippen molar-refractivity contribution < 1.29 is 17.6 Å². The van der Waals surface area contributed by atoms with E-state index in [0.717, 1.165) is 25.7 Å². The fourth-order valence-corrected chi connectivity index (χ4v) is 5.99. The van der Waals surface area contributed by atoms with E-state index in [1.165, 1.54) is 34.0 Å². The van der Waals surface area contributed by atoms with Crippen LogP contribution in [-0.4, -0.2) is 20.2 Å². The highest BCUT2D eigenvalue weighted by Crippen LogP contribution is 2.39. The van der Waals surface area contributed by atoms with Crippen molar-refractivity contribution in [3.05, 3.63) is 63.1 Å². The average Bonchev–Trinajstić information content (AvgIpc) is 3.32. The van der Waals surface area contributed by atoms with E-state index < -0.39 is 15.8 Å². The molecule has 8 heteroatoms. The Bertz CT molecular complexity index is 990. The molecule has 4 rings (SSSR count). The van der Waals surface area contributed by atoms with Crippen LogP contribution < -0.4 is 9.62 Å². The highest BCUT2D eigenvalue weighted by Gasteiger charge is 2.41. The van der Waals surface area contributed by atoms with Crippen molar-refractivity contribution >= 4 is 32.8 Å². The van der Waals surface area contributed by atoms with Crippen molar-refractivity contribution in [2.24, 2.45) is 0 Å². The number of fused-ring (bicyclic) bond motifs is 1. The molecule has 2 aromatic rings. The molecule has 0 radical (unpaired) electrons. The minimum Gasteiger partial charge on any atom is -0.387 e. The second-order valence-electron chi connectivity index (χ2n) is 6.76. The van der Waals surface area contributed by atoms with Crippen molar-refractivity contribution in [2.75, 3.05) is 4.31 Å². The second kappa shape index (κ2) is 7.09. The number of sulfonamides is 1. The predicted octanol–water partition coefficient (Wildman–Crippen LogP) is 3.79. The zero-order chi connectivity index (χ0) is 19.0. The Morgan fingerprint density at radius 3 is 2.59 bits per heavy atom. The lowest BCUT2D eigenvalue weighted by atomic mass is 10.2. The van der Waals surface area contributed by atoms with Gasteiger partial charge in [-0.1, -0.05) is 25.0 Å². The molecule has 0 unspecified atom stereocenters. The minimum absolute atomic E-state index is 0.0421. The normalized spacial score (nSPS) is 20.9. The van der Waals surface area contributed by atoms with Crippen LogP contribution in [0.1, 0.15) is 40.9 Å². The molecule has 1 N–H and O–H groups in total. The maximum absolute atomic E-state index is 13.2. The second-order valence-corrected chi connectivity index (χ2v) is 9.51. The number of carbonyl (C=O) groups excluding carboxylic acids is 1. The van der Waals surface area contributed by atoms with Gasteiger partial charge in [-0.05, 0) is 42.0 Å². The van der Waals surface area contributed by atoms with Crippen LogP contribution in [0.25, 0.3) is 0 Å². The van der Waals surface area contributed by atoms with Gasteiger partial charge >= 0.3 is 0 Å². The largest absolute Gasteiger partial charge is 0.387 e. The third-order valence-electron chi connectivity index (χ3n) is 4.96. The number of ketones is 1. The molecule has 1 saturated carbocycles. The summed E-state index contributed by atoms with van der Waals surface area (Å²) in [4.78, 5) is 13.0. The molecule has 1 aromatic heterocycles. The van der Waals surface area contributed by atoms with Crippen LogP contribution >= 0.6 is 11.3 Å². The Kier molecular flexibility index (Phi) is 4.77. The summed E-state index contributed by atoms with van der Waals surface area (Å²) in [6.07, 6.45) is 5.53. The van der Waals surface area contributed by atoms with Crippen LogP contribution in [0.2, 0.25) is 0 Å². The first kappa shape index (κ1) is 18.2. The predicted molar refractivity (Wildman–Crippen MR) is 104 cm³/mol. The van der Waals surface area contributed by atoms with Gasteiger partial charge in [0, 0.05) is 12.2 Å². The van der Waals surface area contributed by atoms with Crippen LogP contribution in [0.4, 0.5) is 10.1 Å². The summed E-state index contributed by atoms with van der Waals surface area (Å²) in [5.41, 5.74) is 1.03. The van der Waals surface area contributed by atoms with Gasteiger partial charge in [-0.3, -0.25) is 9.10 Å². The van der Waals surface area contributed by atoms with Gasteiger partial charge in [0.15, 0.2) is 4.91 Å². The quantitative estimate of drug-likeness (QED) is 0.785. The van der Waals surface area contributed by atoms with Crippen LogP contribution in [0.3, 0.4) is 0 Å². The maximum Gasteiger partial charge on any atom is 0.270 e. The number of Topliss-reactive ketones (excluding diaryl/α,β-unsaturated/α-hetero) is 1. The molecule has 142 valence electrons. The molecule has 0 amide bonds. The van der Waals surface area contributed by atoms with Crippen molar-refractivity contribution in [1.82, 2.24) is 5.32 Å². The number of anilines is 1. The maximum atomic E-state index is 13.2. The van der Waals surface area contributed by atoms with E-state index in [-0.39, 0.29) is 23.3 Å². The lowest BCUT2D eigenvalue weighted by Gasteiger charge is -2.29. The van der Waals surface area contributed by atoms with E-state index in [0.29, 0.717) is 16.1 Å². The monoisotopic (exact) mass is 406 g/mol. The molecular weight excluding hydrogens is 387 g/mol. The van der Waals surface area contributed by atoms with E-state index in [4.69, 9.17) is 0 Å². The smallest absolute Gasteiger partial charge is 0.270 e. The lowest BCUT2D eigenvalue weighted by molar-refractivity contribution is 0.104. The zero-order valence-electron chi connectivity index (χ0n) is 14.5. The summed E-state index contributed by atoms with van der Waals surface area (Å²) in [5, 5.41) is 4.83. The van der Waals surface area contributed by atoms with Gasteiger partial charge in [-0.25, -0.2) is 12.8 Å². The Morgan fingerprint density at radius 1 is 1.19 bits per heavy atom. The summed E-state index contributed by atoms with van der Waals surface area (Å²) in [7, 11) is -4.00. The SMILES string of the molecule is O=C1C(=CNC2CCCC2)S(=O)(=O)N(Cc2ccc(F)cc2)c2ccsc21. The molecule has 27 heavy (non-hydrogen) atoms. The van der Waals surface area contributed by atoms with Crippen LogP contribution in [0.15, 0.2) is 46.8 Å². The molecule has 1 fully saturated rings. The van der Waals surface area contributed by atoms with Crippen LogP contribution in [0, 0.1) is 5.82 Å². The molecule has 1 aliphatic carbocycles. The first-order valence-electron chi connectivity index (χ1n) is 8.82. The number of carbonyl (C=O) groups is 1. The van der Waals surface area contributed by atoms with Crippen LogP contribution in [0.5, 0.6) is 0 Å². The topological polar surface area (TPSA) is 66.5 Å². The fourth-order valence-electron chi connectivity index (χ4n) is 3.50. The summed E-state index contributed by atoms with van der Waals surface area (Å²) in [6.45, 7) is 0.0421. The highest BCUT2D eigenvalue weighted by molar-refractivity contribution is 7.97. The number of rotatable bonds is 4. The minimum atomic E-state index is -4.00. The number of nitrogens with one attached hydrogen (secondary N) is 1. The van der Waals surface area contributed by atoms with Crippen molar-refractivity contribution in [3.8, 4) is 0 Å². The number of hydrogen-bond donors (Lipinski definition) is 1. The van der Waals surface area contributed by atoms with Gasteiger partial charge < -0.3 is 5.32 Å². The van der Waals surface area contributed by atoms with E-state index in [1.54, 1.807) is 23.6 Å². The molecule has 5 nitrogen and oxygen atoms in total. The van der Waals surface area contributed by atoms with Gasteiger partial charge in [-0.15, -0.1) is 11.3 Å². The third-order valence-corrected chi connectivity index (χ3v) is 7.62. The summed E-state index contributed by atoms with van der Waals surface area (Å²) < 4.78 is 40.8. The van der Waals surface area contributed by atoms with E-state index in [1.807, 2.05) is 0 Å². The first-order chi connectivity index (χ1) is 13.0. The average molecular weight is 407 g/mol. The number of hydrogen-bond acceptors (Lipinski definition) is 5. The first-order valence-corrected chi connectivity index (χ1v) is 11.1. The lowest BCUT2D eigenvalue weighted by Crippen LogP contribution is -2.39. The van der Waals surface area contributed by atoms with Gasteiger partial charge in [-0.2, -0.15) is 0 Å². The van der Waals surface area contributed by atoms with Crippen molar-refractivity contribution in [3.63, 3.8) is 0 Å². The molecule has 0 saturated heterocycles. The number of benzene rings is 1. The standard InChI is InChI=1S/C19H19FN2O3S2/c20-14-7-5-13(6-8-14)12-22-16-9-10-26-19(16)18(23)17(27(22,24)25)11-21-15-3-1-2-4-15/h5-11,15,21H,1-4,12H2. The van der Waals surface area contributed by atoms with Gasteiger partial charge in [0.2, 0.25) is 5.78 Å². The molecule has 0 spiro atoms. The number of thiophene rings is 1. The summed E-state index contributed by atoms with van der Waals surface area (Å²) in [5.74, 6) is -0.853. The molecular formula is C19H19FN2O3S2. The van der Waals surface area contributed by atoms with Gasteiger partial charge in [0.25, 0.3) is 10.0 Å². The van der Waals surface area contributed by atoms with E-state index in [2.05, 4.69) is 5.32 Å². The molecule has 2 heterocycles. The van der Waals surface area contributed by atoms with Crippen LogP contribution in [-0.2, 0) is 16.6 Å². The zero-order valence-corrected chi connectivity index (χ0v) is 16.2. The number of allylic oxidation sites excluding steroid dienone is 1. The molecule has 1 aromatic carbocycles. The highest BCUT2D eigenvalue weighted by atomic mass is 32.2. The number of halogens is 1. The Balaban J connectivity index is 1.71. The third kappa shape index (κ3) is 3.39. The fraction of sp³-hybridized carbons (Fsp3) is 0.316. The van der Waals surface area contributed by atoms with E-state index in [9.17, 15) is 17.6 Å². The van der Waals surface area contributed by atoms with Crippen molar-refractivity contribution in [2.45, 2.75) is 38.3 Å². The summed E-state index contributed by atoms with van der Waals surface area (Å²) in [6, 6.07) is 7.53. The Hall–Kier alpha value is -2.19. The Morgan fingerprint density at radius 2 is 1.89 bits per heavy atom. The molecule has 1 aliphatic heterocycles. The molecule has 0 bridgehead atoms. The molecule has 2 aliphatic rings. The molecule has 0 atom stereocenters. The van der Waals surface area contributed by atoms with Gasteiger partial charge in [0.05, 0.1) is 12.2 Å². The number of nitrogens with zero attached hydrogens (tertiary/aromatic N) is 1. The van der Waals surface area contributed by atoms with E-state index >= 15 is 0 Å². The Labute approximate surface area is 161 Å². The van der Waals surface area contributed by atoms with Gasteiger partial charge in [0.1, 0.15) is 10.7 Å².